The Labute approximate surface area is 140 Å². The van der Waals surface area contributed by atoms with Crippen LogP contribution in [0.3, 0.4) is 0 Å². The highest BCUT2D eigenvalue weighted by atomic mass is 35.5. The van der Waals surface area contributed by atoms with Gasteiger partial charge in [-0.1, -0.05) is 11.6 Å². The number of ether oxygens (including phenoxy) is 3. The molecule has 0 aliphatic rings. The third-order valence-electron chi connectivity index (χ3n) is 2.80. The zero-order valence-electron chi connectivity index (χ0n) is 13.2. The van der Waals surface area contributed by atoms with E-state index in [0.29, 0.717) is 36.1 Å². The Balaban J connectivity index is 2.29. The van der Waals surface area contributed by atoms with E-state index in [9.17, 15) is 9.59 Å². The van der Waals surface area contributed by atoms with Gasteiger partial charge in [0.05, 0.1) is 25.9 Å². The monoisotopic (exact) mass is 344 g/mol. The number of halogens is 1. The minimum absolute atomic E-state index is 0.0422. The first-order chi connectivity index (χ1) is 11.1. The number of carbonyl (C=O) groups excluding carboxylic acids is 2. The fraction of sp³-hybridized carbons (Fsp3) is 0.467. The van der Waals surface area contributed by atoms with Gasteiger partial charge >= 0.3 is 0 Å². The minimum atomic E-state index is -0.324. The van der Waals surface area contributed by atoms with Crippen molar-refractivity contribution in [2.24, 2.45) is 0 Å². The Morgan fingerprint density at radius 3 is 2.57 bits per heavy atom. The number of methoxy groups -OCH3 is 2. The molecule has 2 N–H and O–H groups in total. The maximum absolute atomic E-state index is 12.1. The van der Waals surface area contributed by atoms with E-state index in [2.05, 4.69) is 10.6 Å². The van der Waals surface area contributed by atoms with Crippen LogP contribution in [0.1, 0.15) is 10.4 Å². The molecule has 0 radical (unpaired) electrons. The van der Waals surface area contributed by atoms with Gasteiger partial charge in [0.15, 0.2) is 0 Å². The van der Waals surface area contributed by atoms with Crippen molar-refractivity contribution in [2.45, 2.75) is 0 Å². The summed E-state index contributed by atoms with van der Waals surface area (Å²) in [6.07, 6.45) is 0. The third kappa shape index (κ3) is 7.32. The Hall–Kier alpha value is -1.83. The summed E-state index contributed by atoms with van der Waals surface area (Å²) in [5, 5.41) is 5.75. The fourth-order valence-electron chi connectivity index (χ4n) is 1.69. The summed E-state index contributed by atoms with van der Waals surface area (Å²) in [4.78, 5) is 23.5. The van der Waals surface area contributed by atoms with E-state index in [1.807, 2.05) is 0 Å². The van der Waals surface area contributed by atoms with Crippen LogP contribution in [-0.2, 0) is 14.3 Å². The molecule has 0 saturated carbocycles. The number of rotatable bonds is 10. The maximum atomic E-state index is 12.1. The van der Waals surface area contributed by atoms with E-state index in [4.69, 9.17) is 25.8 Å². The number of benzene rings is 1. The van der Waals surface area contributed by atoms with Crippen LogP contribution in [0, 0.1) is 0 Å². The lowest BCUT2D eigenvalue weighted by Gasteiger charge is -2.10. The Morgan fingerprint density at radius 1 is 1.13 bits per heavy atom. The summed E-state index contributed by atoms with van der Waals surface area (Å²) < 4.78 is 15.0. The van der Waals surface area contributed by atoms with Gasteiger partial charge in [-0.05, 0) is 18.2 Å². The summed E-state index contributed by atoms with van der Waals surface area (Å²) in [5.41, 5.74) is 0.342. The normalized spacial score (nSPS) is 10.2. The van der Waals surface area contributed by atoms with Gasteiger partial charge in [0, 0.05) is 25.2 Å². The molecule has 0 fully saturated rings. The lowest BCUT2D eigenvalue weighted by atomic mass is 10.2. The molecule has 23 heavy (non-hydrogen) atoms. The lowest BCUT2D eigenvalue weighted by Crippen LogP contribution is -2.36. The Morgan fingerprint density at radius 2 is 1.87 bits per heavy atom. The summed E-state index contributed by atoms with van der Waals surface area (Å²) in [5.74, 6) is -0.145. The van der Waals surface area contributed by atoms with Gasteiger partial charge in [-0.3, -0.25) is 9.59 Å². The number of hydrogen-bond donors (Lipinski definition) is 2. The van der Waals surface area contributed by atoms with Gasteiger partial charge in [0.25, 0.3) is 5.91 Å². The van der Waals surface area contributed by atoms with Crippen LogP contribution in [0.2, 0.25) is 5.02 Å². The maximum Gasteiger partial charge on any atom is 0.255 e. The first kappa shape index (κ1) is 19.2. The van der Waals surface area contributed by atoms with E-state index < -0.39 is 0 Å². The van der Waals surface area contributed by atoms with Gasteiger partial charge < -0.3 is 24.8 Å². The Bertz CT molecular complexity index is 525. The second-order valence-electron chi connectivity index (χ2n) is 4.50. The van der Waals surface area contributed by atoms with E-state index in [1.54, 1.807) is 19.2 Å². The van der Waals surface area contributed by atoms with Gasteiger partial charge in [-0.25, -0.2) is 0 Å². The summed E-state index contributed by atoms with van der Waals surface area (Å²) in [7, 11) is 3.03. The predicted octanol–water partition coefficient (Wildman–Crippen LogP) is 0.858. The average molecular weight is 345 g/mol. The van der Waals surface area contributed by atoms with Crippen LogP contribution in [0.4, 0.5) is 0 Å². The summed E-state index contributed by atoms with van der Waals surface area (Å²) in [6.45, 7) is 1.32. The van der Waals surface area contributed by atoms with Crippen molar-refractivity contribution in [1.82, 2.24) is 10.6 Å². The number of amides is 2. The van der Waals surface area contributed by atoms with Crippen LogP contribution >= 0.6 is 11.6 Å². The van der Waals surface area contributed by atoms with Gasteiger partial charge in [-0.15, -0.1) is 0 Å². The van der Waals surface area contributed by atoms with Crippen LogP contribution in [0.25, 0.3) is 0 Å². The molecule has 2 amide bonds. The molecule has 0 aliphatic carbocycles. The molecular weight excluding hydrogens is 324 g/mol. The van der Waals surface area contributed by atoms with Gasteiger partial charge in [0.2, 0.25) is 5.91 Å². The van der Waals surface area contributed by atoms with Crippen LogP contribution in [0.5, 0.6) is 5.75 Å². The van der Waals surface area contributed by atoms with E-state index in [1.165, 1.54) is 13.2 Å². The van der Waals surface area contributed by atoms with E-state index in [0.717, 1.165) is 0 Å². The van der Waals surface area contributed by atoms with Crippen molar-refractivity contribution in [2.75, 3.05) is 47.1 Å². The van der Waals surface area contributed by atoms with Crippen molar-refractivity contribution < 1.29 is 23.8 Å². The van der Waals surface area contributed by atoms with Crippen molar-refractivity contribution in [1.29, 1.82) is 0 Å². The van der Waals surface area contributed by atoms with Gasteiger partial charge in [0.1, 0.15) is 12.4 Å². The molecule has 1 aromatic carbocycles. The molecule has 0 saturated heterocycles. The zero-order chi connectivity index (χ0) is 17.1. The van der Waals surface area contributed by atoms with Crippen molar-refractivity contribution in [3.63, 3.8) is 0 Å². The Kier molecular flexibility index (Phi) is 9.04. The van der Waals surface area contributed by atoms with Crippen molar-refractivity contribution in [3.05, 3.63) is 28.8 Å². The molecule has 0 aliphatic heterocycles. The predicted molar refractivity (Wildman–Crippen MR) is 86.0 cm³/mol. The van der Waals surface area contributed by atoms with E-state index in [-0.39, 0.29) is 25.0 Å². The number of hydrogen-bond acceptors (Lipinski definition) is 5. The lowest BCUT2D eigenvalue weighted by molar-refractivity contribution is -0.126. The van der Waals surface area contributed by atoms with Gasteiger partial charge in [-0.2, -0.15) is 0 Å². The number of carbonyl (C=O) groups is 2. The molecular formula is C15H21ClN2O5. The largest absolute Gasteiger partial charge is 0.496 e. The second kappa shape index (κ2) is 10.8. The highest BCUT2D eigenvalue weighted by molar-refractivity contribution is 6.31. The molecule has 0 aromatic heterocycles. The summed E-state index contributed by atoms with van der Waals surface area (Å²) in [6, 6.07) is 4.79. The first-order valence-corrected chi connectivity index (χ1v) is 7.41. The molecule has 1 rings (SSSR count). The van der Waals surface area contributed by atoms with Crippen molar-refractivity contribution in [3.8, 4) is 5.75 Å². The quantitative estimate of drug-likeness (QED) is 0.615. The minimum Gasteiger partial charge on any atom is -0.496 e. The highest BCUT2D eigenvalue weighted by Gasteiger charge is 2.12. The highest BCUT2D eigenvalue weighted by Crippen LogP contribution is 2.22. The van der Waals surface area contributed by atoms with Crippen LogP contribution in [-0.4, -0.2) is 58.9 Å². The fourth-order valence-corrected chi connectivity index (χ4v) is 1.86. The van der Waals surface area contributed by atoms with Crippen LogP contribution in [0.15, 0.2) is 18.2 Å². The number of nitrogens with one attached hydrogen (secondary N) is 2. The first-order valence-electron chi connectivity index (χ1n) is 7.03. The molecule has 0 bridgehead atoms. The standard InChI is InChI=1S/C15H21ClN2O5/c1-21-7-8-23-10-14(19)17-5-6-18-15(20)12-9-11(16)3-4-13(12)22-2/h3-4,9H,5-8,10H2,1-2H3,(H,17,19)(H,18,20). The zero-order valence-corrected chi connectivity index (χ0v) is 13.9. The molecule has 0 heterocycles. The molecule has 1 aromatic rings. The molecule has 0 spiro atoms. The smallest absolute Gasteiger partial charge is 0.255 e. The topological polar surface area (TPSA) is 85.9 Å². The molecule has 7 nitrogen and oxygen atoms in total. The van der Waals surface area contributed by atoms with E-state index >= 15 is 0 Å². The summed E-state index contributed by atoms with van der Waals surface area (Å²) >= 11 is 5.88. The molecule has 128 valence electrons. The molecule has 8 heteroatoms. The molecule has 0 unspecified atom stereocenters. The van der Waals surface area contributed by atoms with Crippen LogP contribution < -0.4 is 15.4 Å². The molecule has 0 atom stereocenters. The van der Waals surface area contributed by atoms with Crippen molar-refractivity contribution >= 4 is 23.4 Å². The average Bonchev–Trinajstić information content (AvgIpc) is 2.55. The SMILES string of the molecule is COCCOCC(=O)NCCNC(=O)c1cc(Cl)ccc1OC. The second-order valence-corrected chi connectivity index (χ2v) is 4.93. The third-order valence-corrected chi connectivity index (χ3v) is 3.04.